The van der Waals surface area contributed by atoms with Crippen molar-refractivity contribution in [2.45, 2.75) is 88.5 Å². The fourth-order valence-electron chi connectivity index (χ4n) is 5.10. The summed E-state index contributed by atoms with van der Waals surface area (Å²) in [6.07, 6.45) is 11.8. The van der Waals surface area contributed by atoms with Crippen LogP contribution in [0.5, 0.6) is 0 Å². The quantitative estimate of drug-likeness (QED) is 0.797. The Morgan fingerprint density at radius 3 is 2.20 bits per heavy atom. The Bertz CT molecular complexity index is 556. The van der Waals surface area contributed by atoms with Gasteiger partial charge < -0.3 is 10.6 Å². The molecule has 1 unspecified atom stereocenters. The number of piperidine rings is 1. The highest BCUT2D eigenvalue weighted by molar-refractivity contribution is 7.80. The molecule has 2 N–H and O–H groups in total. The molecule has 2 bridgehead atoms. The second-order valence-corrected chi connectivity index (χ2v) is 8.57. The van der Waals surface area contributed by atoms with Gasteiger partial charge in [0.05, 0.1) is 0 Å². The molecule has 136 valence electrons. The summed E-state index contributed by atoms with van der Waals surface area (Å²) < 4.78 is 0. The monoisotopic (exact) mass is 357 g/mol. The van der Waals surface area contributed by atoms with E-state index < -0.39 is 0 Å². The molecule has 1 aromatic rings. The number of rotatable bonds is 4. The molecule has 3 fully saturated rings. The third kappa shape index (κ3) is 4.35. The van der Waals surface area contributed by atoms with Crippen LogP contribution in [0.25, 0.3) is 0 Å². The van der Waals surface area contributed by atoms with E-state index in [1.54, 1.807) is 0 Å². The summed E-state index contributed by atoms with van der Waals surface area (Å²) in [5.41, 5.74) is 1.44. The van der Waals surface area contributed by atoms with Crippen molar-refractivity contribution in [3.05, 3.63) is 35.9 Å². The molecule has 4 heteroatoms. The minimum absolute atomic E-state index is 0.549. The normalized spacial score (nSPS) is 30.2. The van der Waals surface area contributed by atoms with E-state index in [-0.39, 0.29) is 0 Å². The predicted octanol–water partition coefficient (Wildman–Crippen LogP) is 3.98. The molecule has 0 radical (unpaired) electrons. The van der Waals surface area contributed by atoms with Gasteiger partial charge in [-0.05, 0) is 56.3 Å². The van der Waals surface area contributed by atoms with Crippen LogP contribution in [0.3, 0.4) is 0 Å². The Morgan fingerprint density at radius 2 is 1.52 bits per heavy atom. The number of benzene rings is 1. The Kier molecular flexibility index (Phi) is 5.57. The molecule has 3 nitrogen and oxygen atoms in total. The first-order valence-electron chi connectivity index (χ1n) is 10.1. The molecular formula is C21H31N3S. The fourth-order valence-corrected chi connectivity index (χ4v) is 5.44. The predicted molar refractivity (Wildman–Crippen MR) is 108 cm³/mol. The molecule has 2 heterocycles. The average molecular weight is 358 g/mol. The van der Waals surface area contributed by atoms with Gasteiger partial charge in [-0.3, -0.25) is 4.90 Å². The van der Waals surface area contributed by atoms with E-state index in [0.717, 1.165) is 11.7 Å². The van der Waals surface area contributed by atoms with Crippen molar-refractivity contribution in [2.75, 3.05) is 0 Å². The first kappa shape index (κ1) is 17.3. The third-order valence-corrected chi connectivity index (χ3v) is 6.60. The molecule has 3 atom stereocenters. The highest BCUT2D eigenvalue weighted by atomic mass is 32.1. The van der Waals surface area contributed by atoms with Crippen molar-refractivity contribution in [1.29, 1.82) is 0 Å². The minimum Gasteiger partial charge on any atom is -0.360 e. The van der Waals surface area contributed by atoms with E-state index in [0.29, 0.717) is 24.2 Å². The van der Waals surface area contributed by atoms with Gasteiger partial charge in [-0.2, -0.15) is 0 Å². The van der Waals surface area contributed by atoms with E-state index in [1.165, 1.54) is 63.4 Å². The molecule has 1 aliphatic carbocycles. The maximum absolute atomic E-state index is 5.61. The number of hydrogen-bond acceptors (Lipinski definition) is 2. The molecule has 0 spiro atoms. The van der Waals surface area contributed by atoms with Crippen LogP contribution in [0.15, 0.2) is 30.3 Å². The van der Waals surface area contributed by atoms with E-state index >= 15 is 0 Å². The van der Waals surface area contributed by atoms with Gasteiger partial charge in [-0.1, -0.05) is 49.6 Å². The van der Waals surface area contributed by atoms with E-state index in [1.807, 2.05) is 0 Å². The summed E-state index contributed by atoms with van der Waals surface area (Å²) in [5.74, 6) is 0. The number of fused-ring (bicyclic) bond motifs is 2. The van der Waals surface area contributed by atoms with Crippen molar-refractivity contribution in [2.24, 2.45) is 0 Å². The molecule has 3 aliphatic rings. The summed E-state index contributed by atoms with van der Waals surface area (Å²) in [6, 6.07) is 13.5. The maximum Gasteiger partial charge on any atom is 0.166 e. The lowest BCUT2D eigenvalue weighted by Gasteiger charge is -2.40. The van der Waals surface area contributed by atoms with Crippen molar-refractivity contribution in [1.82, 2.24) is 15.5 Å². The van der Waals surface area contributed by atoms with Crippen LogP contribution in [0, 0.1) is 0 Å². The van der Waals surface area contributed by atoms with Crippen LogP contribution in [0.4, 0.5) is 0 Å². The SMILES string of the molecule is S=C(NC1CCCCC1)NC1C[C@H]2CC[C@@H](C1)N2Cc1ccccc1. The van der Waals surface area contributed by atoms with E-state index in [9.17, 15) is 0 Å². The molecule has 2 aliphatic heterocycles. The highest BCUT2D eigenvalue weighted by Gasteiger charge is 2.40. The topological polar surface area (TPSA) is 27.3 Å². The van der Waals surface area contributed by atoms with Gasteiger partial charge >= 0.3 is 0 Å². The van der Waals surface area contributed by atoms with Gasteiger partial charge in [-0.25, -0.2) is 0 Å². The Morgan fingerprint density at radius 1 is 0.880 bits per heavy atom. The van der Waals surface area contributed by atoms with Gasteiger partial charge in [0.1, 0.15) is 0 Å². The average Bonchev–Trinajstić information content (AvgIpc) is 2.86. The largest absolute Gasteiger partial charge is 0.360 e. The van der Waals surface area contributed by atoms with Crippen LogP contribution in [0.2, 0.25) is 0 Å². The Hall–Kier alpha value is -1.13. The number of nitrogens with one attached hydrogen (secondary N) is 2. The van der Waals surface area contributed by atoms with Crippen molar-refractivity contribution in [3.63, 3.8) is 0 Å². The summed E-state index contributed by atoms with van der Waals surface area (Å²) in [4.78, 5) is 2.74. The standard InChI is InChI=1S/C21H31N3S/c25-21(22-17-9-5-2-6-10-17)23-18-13-19-11-12-20(14-18)24(19)15-16-7-3-1-4-8-16/h1,3-4,7-8,17-20H,2,5-6,9-15H2,(H2,22,23,25)/t18?,19-,20+. The first-order chi connectivity index (χ1) is 12.3. The molecule has 0 amide bonds. The summed E-state index contributed by atoms with van der Waals surface area (Å²) in [7, 11) is 0. The summed E-state index contributed by atoms with van der Waals surface area (Å²) >= 11 is 5.61. The molecule has 2 saturated heterocycles. The van der Waals surface area contributed by atoms with Crippen molar-refractivity contribution in [3.8, 4) is 0 Å². The van der Waals surface area contributed by atoms with Crippen LogP contribution in [-0.2, 0) is 6.54 Å². The highest BCUT2D eigenvalue weighted by Crippen LogP contribution is 2.36. The molecule has 25 heavy (non-hydrogen) atoms. The zero-order valence-electron chi connectivity index (χ0n) is 15.1. The number of thiocarbonyl (C=S) groups is 1. The van der Waals surface area contributed by atoms with E-state index in [4.69, 9.17) is 12.2 Å². The molecule has 0 aromatic heterocycles. The molecule has 4 rings (SSSR count). The Labute approximate surface area is 157 Å². The van der Waals surface area contributed by atoms with E-state index in [2.05, 4.69) is 45.9 Å². The Balaban J connectivity index is 1.28. The summed E-state index contributed by atoms with van der Waals surface area (Å²) in [6.45, 7) is 1.10. The van der Waals surface area contributed by atoms with Crippen molar-refractivity contribution < 1.29 is 0 Å². The lowest BCUT2D eigenvalue weighted by molar-refractivity contribution is 0.114. The number of nitrogens with zero attached hydrogens (tertiary/aromatic N) is 1. The molecule has 1 saturated carbocycles. The lowest BCUT2D eigenvalue weighted by atomic mass is 9.95. The van der Waals surface area contributed by atoms with Crippen LogP contribution in [0.1, 0.15) is 63.4 Å². The summed E-state index contributed by atoms with van der Waals surface area (Å²) in [5, 5.41) is 8.12. The van der Waals surface area contributed by atoms with Gasteiger partial charge in [0, 0.05) is 30.7 Å². The lowest BCUT2D eigenvalue weighted by Crippen LogP contribution is -2.53. The van der Waals surface area contributed by atoms with Crippen molar-refractivity contribution >= 4 is 17.3 Å². The second kappa shape index (κ2) is 8.05. The van der Waals surface area contributed by atoms with Gasteiger partial charge in [0.15, 0.2) is 5.11 Å². The molecular weight excluding hydrogens is 326 g/mol. The zero-order chi connectivity index (χ0) is 17.1. The third-order valence-electron chi connectivity index (χ3n) is 6.37. The second-order valence-electron chi connectivity index (χ2n) is 8.16. The van der Waals surface area contributed by atoms with Crippen LogP contribution < -0.4 is 10.6 Å². The smallest absolute Gasteiger partial charge is 0.166 e. The fraction of sp³-hybridized carbons (Fsp3) is 0.667. The minimum atomic E-state index is 0.549. The van der Waals surface area contributed by atoms with Gasteiger partial charge in [0.25, 0.3) is 0 Å². The number of hydrogen-bond donors (Lipinski definition) is 2. The van der Waals surface area contributed by atoms with Crippen LogP contribution >= 0.6 is 12.2 Å². The zero-order valence-corrected chi connectivity index (χ0v) is 15.9. The maximum atomic E-state index is 5.61. The first-order valence-corrected chi connectivity index (χ1v) is 10.6. The van der Waals surface area contributed by atoms with Gasteiger partial charge in [0.2, 0.25) is 0 Å². The molecule has 1 aromatic carbocycles. The van der Waals surface area contributed by atoms with Crippen LogP contribution in [-0.4, -0.2) is 34.2 Å². The van der Waals surface area contributed by atoms with Gasteiger partial charge in [-0.15, -0.1) is 0 Å².